The van der Waals surface area contributed by atoms with Crippen LogP contribution >= 0.6 is 0 Å². The van der Waals surface area contributed by atoms with Crippen molar-refractivity contribution in [3.63, 3.8) is 0 Å². The number of hydrogen-bond donors (Lipinski definition) is 0. The van der Waals surface area contributed by atoms with Crippen LogP contribution in [0.25, 0.3) is 10.8 Å². The molecule has 4 aromatic rings. The number of benzene rings is 4. The fourth-order valence-corrected chi connectivity index (χ4v) is 2.85. The van der Waals surface area contributed by atoms with Crippen molar-refractivity contribution in [2.24, 2.45) is 0 Å². The summed E-state index contributed by atoms with van der Waals surface area (Å²) >= 11 is 0. The third-order valence-electron chi connectivity index (χ3n) is 4.06. The molecule has 0 saturated heterocycles. The lowest BCUT2D eigenvalue weighted by atomic mass is 10.0. The Morgan fingerprint density at radius 1 is 0.654 bits per heavy atom. The molecular weight excluding hydrogens is 324 g/mol. The summed E-state index contributed by atoms with van der Waals surface area (Å²) in [6.45, 7) is 0. The van der Waals surface area contributed by atoms with Crippen LogP contribution < -0.4 is 9.47 Å². The van der Waals surface area contributed by atoms with Crippen LogP contribution in [-0.4, -0.2) is 6.29 Å². The summed E-state index contributed by atoms with van der Waals surface area (Å²) in [4.78, 5) is 11.9. The number of ether oxygens (including phenoxy) is 2. The molecule has 3 nitrogen and oxygen atoms in total. The Bertz CT molecular complexity index is 1040. The summed E-state index contributed by atoms with van der Waals surface area (Å²) in [7, 11) is 0. The lowest BCUT2D eigenvalue weighted by Crippen LogP contribution is -1.96. The number of carbonyl (C=O) groups is 1. The van der Waals surface area contributed by atoms with Crippen molar-refractivity contribution < 1.29 is 14.3 Å². The van der Waals surface area contributed by atoms with Gasteiger partial charge < -0.3 is 9.47 Å². The monoisotopic (exact) mass is 340 g/mol. The van der Waals surface area contributed by atoms with Crippen LogP contribution in [0.15, 0.2) is 91.0 Å². The molecule has 0 heterocycles. The van der Waals surface area contributed by atoms with Gasteiger partial charge in [-0.1, -0.05) is 60.7 Å². The van der Waals surface area contributed by atoms with Crippen molar-refractivity contribution in [2.75, 3.05) is 0 Å². The normalized spacial score (nSPS) is 10.5. The molecule has 0 radical (unpaired) electrons. The molecular formula is C23H16O3. The minimum absolute atomic E-state index is 0.411. The van der Waals surface area contributed by atoms with Gasteiger partial charge in [0.15, 0.2) is 17.8 Å². The average Bonchev–Trinajstić information content (AvgIpc) is 2.70. The van der Waals surface area contributed by atoms with Crippen LogP contribution in [0.2, 0.25) is 0 Å². The smallest absolute Gasteiger partial charge is 0.181 e. The Labute approximate surface area is 151 Å². The predicted octanol–water partition coefficient (Wildman–Crippen LogP) is 6.24. The van der Waals surface area contributed by atoms with Gasteiger partial charge in [-0.3, -0.25) is 4.79 Å². The molecule has 0 N–H and O–H groups in total. The summed E-state index contributed by atoms with van der Waals surface area (Å²) in [5.41, 5.74) is 0.470. The predicted molar refractivity (Wildman–Crippen MR) is 102 cm³/mol. The minimum Gasteiger partial charge on any atom is -0.453 e. The lowest BCUT2D eigenvalue weighted by molar-refractivity contribution is 0.112. The van der Waals surface area contributed by atoms with E-state index in [0.29, 0.717) is 28.6 Å². The van der Waals surface area contributed by atoms with E-state index in [4.69, 9.17) is 9.47 Å². The van der Waals surface area contributed by atoms with E-state index in [1.54, 1.807) is 0 Å². The van der Waals surface area contributed by atoms with Gasteiger partial charge in [0.2, 0.25) is 0 Å². The summed E-state index contributed by atoms with van der Waals surface area (Å²) in [5, 5.41) is 1.75. The molecule has 0 saturated carbocycles. The largest absolute Gasteiger partial charge is 0.453 e. The van der Waals surface area contributed by atoms with Gasteiger partial charge in [0.05, 0.1) is 5.56 Å². The zero-order valence-electron chi connectivity index (χ0n) is 14.0. The van der Waals surface area contributed by atoms with Crippen LogP contribution in [0.1, 0.15) is 10.4 Å². The first-order valence-corrected chi connectivity index (χ1v) is 8.32. The van der Waals surface area contributed by atoms with Crippen molar-refractivity contribution in [1.29, 1.82) is 0 Å². The highest BCUT2D eigenvalue weighted by Gasteiger charge is 2.17. The van der Waals surface area contributed by atoms with E-state index in [1.165, 1.54) is 0 Å². The molecule has 0 unspecified atom stereocenters. The highest BCUT2D eigenvalue weighted by atomic mass is 16.5. The number of fused-ring (bicyclic) bond motifs is 1. The fraction of sp³-hybridized carbons (Fsp3) is 0. The average molecular weight is 340 g/mol. The molecule has 0 atom stereocenters. The van der Waals surface area contributed by atoms with Crippen LogP contribution in [0, 0.1) is 0 Å². The second-order valence-corrected chi connectivity index (χ2v) is 5.79. The fourth-order valence-electron chi connectivity index (χ4n) is 2.85. The quantitative estimate of drug-likeness (QED) is 0.404. The van der Waals surface area contributed by atoms with Gasteiger partial charge >= 0.3 is 0 Å². The van der Waals surface area contributed by atoms with E-state index in [-0.39, 0.29) is 0 Å². The maximum atomic E-state index is 11.9. The number of hydrogen-bond acceptors (Lipinski definition) is 3. The molecule has 26 heavy (non-hydrogen) atoms. The molecule has 4 rings (SSSR count). The Morgan fingerprint density at radius 2 is 1.23 bits per heavy atom. The van der Waals surface area contributed by atoms with Crippen molar-refractivity contribution >= 4 is 17.1 Å². The molecule has 0 amide bonds. The Hall–Kier alpha value is -3.59. The van der Waals surface area contributed by atoms with E-state index >= 15 is 0 Å². The molecule has 0 bridgehead atoms. The van der Waals surface area contributed by atoms with Gasteiger partial charge in [0.25, 0.3) is 0 Å². The van der Waals surface area contributed by atoms with Crippen molar-refractivity contribution in [3.8, 4) is 23.0 Å². The van der Waals surface area contributed by atoms with Crippen LogP contribution in [0.3, 0.4) is 0 Å². The van der Waals surface area contributed by atoms with Gasteiger partial charge in [-0.2, -0.15) is 0 Å². The van der Waals surface area contributed by atoms with Gasteiger partial charge in [-0.25, -0.2) is 0 Å². The minimum atomic E-state index is 0.411. The van der Waals surface area contributed by atoms with Gasteiger partial charge in [0, 0.05) is 0 Å². The Morgan fingerprint density at radius 3 is 1.88 bits per heavy atom. The third kappa shape index (κ3) is 3.15. The highest BCUT2D eigenvalue weighted by Crippen LogP contribution is 2.41. The molecule has 0 fully saturated rings. The molecule has 4 aromatic carbocycles. The van der Waals surface area contributed by atoms with E-state index in [0.717, 1.165) is 17.1 Å². The summed E-state index contributed by atoms with van der Waals surface area (Å²) in [6, 6.07) is 28.4. The maximum Gasteiger partial charge on any atom is 0.181 e. The number of carbonyl (C=O) groups excluding carboxylic acids is 1. The second-order valence-electron chi connectivity index (χ2n) is 5.79. The molecule has 0 spiro atoms. The maximum absolute atomic E-state index is 11.9. The Balaban J connectivity index is 1.89. The van der Waals surface area contributed by atoms with Gasteiger partial charge in [0.1, 0.15) is 11.5 Å². The first-order valence-electron chi connectivity index (χ1n) is 8.32. The van der Waals surface area contributed by atoms with Crippen LogP contribution in [0.5, 0.6) is 23.0 Å². The number of para-hydroxylation sites is 2. The topological polar surface area (TPSA) is 35.5 Å². The molecule has 0 aliphatic carbocycles. The van der Waals surface area contributed by atoms with E-state index in [2.05, 4.69) is 0 Å². The third-order valence-corrected chi connectivity index (χ3v) is 4.06. The Kier molecular flexibility index (Phi) is 4.35. The van der Waals surface area contributed by atoms with Gasteiger partial charge in [-0.15, -0.1) is 0 Å². The van der Waals surface area contributed by atoms with Crippen LogP contribution in [0.4, 0.5) is 0 Å². The van der Waals surface area contributed by atoms with Gasteiger partial charge in [-0.05, 0) is 41.1 Å². The molecule has 126 valence electrons. The van der Waals surface area contributed by atoms with Crippen molar-refractivity contribution in [1.82, 2.24) is 0 Å². The second kappa shape index (κ2) is 7.11. The zero-order chi connectivity index (χ0) is 17.8. The number of rotatable bonds is 5. The zero-order valence-corrected chi connectivity index (χ0v) is 14.0. The SMILES string of the molecule is O=Cc1c(Oc2ccccc2)c(Oc2ccccc2)cc2ccccc12. The van der Waals surface area contributed by atoms with E-state index < -0.39 is 0 Å². The summed E-state index contributed by atoms with van der Waals surface area (Å²) in [6.07, 6.45) is 0.818. The standard InChI is InChI=1S/C23H16O3/c24-16-21-20-14-8-7-9-17(20)15-22(25-18-10-3-1-4-11-18)23(21)26-19-12-5-2-6-13-19/h1-16H. The summed E-state index contributed by atoms with van der Waals surface area (Å²) < 4.78 is 12.1. The first kappa shape index (κ1) is 15.9. The number of aldehydes is 1. The molecule has 0 aliphatic heterocycles. The summed E-state index contributed by atoms with van der Waals surface area (Å²) in [5.74, 6) is 2.23. The highest BCUT2D eigenvalue weighted by molar-refractivity contribution is 6.02. The van der Waals surface area contributed by atoms with Crippen molar-refractivity contribution in [2.45, 2.75) is 0 Å². The van der Waals surface area contributed by atoms with E-state index in [9.17, 15) is 4.79 Å². The van der Waals surface area contributed by atoms with Crippen LogP contribution in [-0.2, 0) is 0 Å². The van der Waals surface area contributed by atoms with E-state index in [1.807, 2.05) is 91.0 Å². The first-order chi connectivity index (χ1) is 12.8. The molecule has 0 aliphatic rings. The van der Waals surface area contributed by atoms with Crippen molar-refractivity contribution in [3.05, 3.63) is 96.6 Å². The lowest BCUT2D eigenvalue weighted by Gasteiger charge is -2.16. The molecule has 3 heteroatoms. The molecule has 0 aromatic heterocycles.